The SMILES string of the molecule is CCNC(=NCC(C)CN1CCN(C)CC1)NCC(c1cccs1)N1CCCC1. The number of guanidine groups is 1. The average Bonchev–Trinajstić information content (AvgIpc) is 3.43. The molecule has 0 saturated carbocycles. The van der Waals surface area contributed by atoms with Gasteiger partial charge < -0.3 is 20.4 Å². The fourth-order valence-electron chi connectivity index (χ4n) is 4.25. The first-order valence-electron chi connectivity index (χ1n) is 11.4. The number of nitrogens with one attached hydrogen (secondary N) is 2. The summed E-state index contributed by atoms with van der Waals surface area (Å²) < 4.78 is 0. The summed E-state index contributed by atoms with van der Waals surface area (Å²) in [7, 11) is 2.21. The summed E-state index contributed by atoms with van der Waals surface area (Å²) in [6.45, 7) is 15.4. The smallest absolute Gasteiger partial charge is 0.191 e. The van der Waals surface area contributed by atoms with Gasteiger partial charge in [-0.15, -0.1) is 11.3 Å². The zero-order valence-electron chi connectivity index (χ0n) is 18.6. The normalized spacial score (nSPS) is 22.0. The molecule has 2 unspecified atom stereocenters. The van der Waals surface area contributed by atoms with E-state index in [4.69, 9.17) is 4.99 Å². The van der Waals surface area contributed by atoms with E-state index < -0.39 is 0 Å². The first-order chi connectivity index (χ1) is 14.2. The molecule has 2 atom stereocenters. The van der Waals surface area contributed by atoms with Crippen LogP contribution in [-0.4, -0.2) is 93.2 Å². The molecule has 2 aliphatic heterocycles. The monoisotopic (exact) mass is 420 g/mol. The van der Waals surface area contributed by atoms with Crippen LogP contribution in [0.2, 0.25) is 0 Å². The van der Waals surface area contributed by atoms with E-state index in [1.807, 2.05) is 11.3 Å². The van der Waals surface area contributed by atoms with Crippen molar-refractivity contribution in [2.75, 3.05) is 72.5 Å². The predicted molar refractivity (Wildman–Crippen MR) is 125 cm³/mol. The van der Waals surface area contributed by atoms with E-state index >= 15 is 0 Å². The molecule has 0 radical (unpaired) electrons. The molecule has 6 nitrogen and oxygen atoms in total. The Morgan fingerprint density at radius 1 is 1.14 bits per heavy atom. The van der Waals surface area contributed by atoms with Crippen LogP contribution in [0.1, 0.15) is 37.6 Å². The second-order valence-corrected chi connectivity index (χ2v) is 9.56. The molecule has 164 valence electrons. The van der Waals surface area contributed by atoms with Gasteiger partial charge in [-0.25, -0.2) is 0 Å². The van der Waals surface area contributed by atoms with Gasteiger partial charge in [-0.3, -0.25) is 9.89 Å². The molecular weight excluding hydrogens is 380 g/mol. The molecule has 1 aromatic heterocycles. The average molecular weight is 421 g/mol. The first kappa shape index (κ1) is 22.5. The number of hydrogen-bond acceptors (Lipinski definition) is 5. The zero-order valence-corrected chi connectivity index (χ0v) is 19.4. The van der Waals surface area contributed by atoms with Crippen molar-refractivity contribution in [3.63, 3.8) is 0 Å². The van der Waals surface area contributed by atoms with E-state index in [9.17, 15) is 0 Å². The quantitative estimate of drug-likeness (QED) is 0.474. The van der Waals surface area contributed by atoms with Gasteiger partial charge in [0.1, 0.15) is 0 Å². The van der Waals surface area contributed by atoms with Gasteiger partial charge in [0.15, 0.2) is 5.96 Å². The van der Waals surface area contributed by atoms with Gasteiger partial charge in [0.2, 0.25) is 0 Å². The van der Waals surface area contributed by atoms with Crippen LogP contribution < -0.4 is 10.6 Å². The molecule has 2 aliphatic rings. The Kier molecular flexibility index (Phi) is 9.24. The molecule has 7 heteroatoms. The van der Waals surface area contributed by atoms with Crippen LogP contribution >= 0.6 is 11.3 Å². The van der Waals surface area contributed by atoms with E-state index in [2.05, 4.69) is 63.7 Å². The van der Waals surface area contributed by atoms with Crippen molar-refractivity contribution in [1.82, 2.24) is 25.3 Å². The van der Waals surface area contributed by atoms with Crippen molar-refractivity contribution in [2.24, 2.45) is 10.9 Å². The molecule has 0 aliphatic carbocycles. The van der Waals surface area contributed by atoms with Crippen molar-refractivity contribution in [3.8, 4) is 0 Å². The summed E-state index contributed by atoms with van der Waals surface area (Å²) in [6.07, 6.45) is 2.64. The lowest BCUT2D eigenvalue weighted by molar-refractivity contribution is 0.140. The van der Waals surface area contributed by atoms with Crippen LogP contribution in [0.5, 0.6) is 0 Å². The molecule has 3 heterocycles. The summed E-state index contributed by atoms with van der Waals surface area (Å²) in [6, 6.07) is 4.89. The number of rotatable bonds is 9. The standard InChI is InChI=1S/C22H40N6S/c1-4-23-22(24-16-19(2)18-27-13-11-26(3)12-14-27)25-17-20(21-8-7-15-29-21)28-9-5-6-10-28/h7-8,15,19-20H,4-6,9-14,16-18H2,1-3H3,(H2,23,24,25). The number of likely N-dealkylation sites (N-methyl/N-ethyl adjacent to an activating group) is 1. The maximum absolute atomic E-state index is 4.92. The number of likely N-dealkylation sites (tertiary alicyclic amines) is 1. The Balaban J connectivity index is 1.51. The molecule has 29 heavy (non-hydrogen) atoms. The summed E-state index contributed by atoms with van der Waals surface area (Å²) in [4.78, 5) is 14.0. The second kappa shape index (κ2) is 11.9. The van der Waals surface area contributed by atoms with Gasteiger partial charge in [-0.1, -0.05) is 13.0 Å². The molecule has 0 bridgehead atoms. The Morgan fingerprint density at radius 3 is 2.55 bits per heavy atom. The van der Waals surface area contributed by atoms with E-state index in [1.165, 1.54) is 57.0 Å². The Hall–Kier alpha value is -1.15. The Labute approximate surface area is 181 Å². The lowest BCUT2D eigenvalue weighted by atomic mass is 10.1. The summed E-state index contributed by atoms with van der Waals surface area (Å²) in [5, 5.41) is 9.27. The highest BCUT2D eigenvalue weighted by molar-refractivity contribution is 7.10. The number of piperazine rings is 1. The van der Waals surface area contributed by atoms with Crippen molar-refractivity contribution in [1.29, 1.82) is 0 Å². The maximum atomic E-state index is 4.92. The molecule has 3 rings (SSSR count). The third kappa shape index (κ3) is 7.24. The van der Waals surface area contributed by atoms with Crippen LogP contribution in [0.15, 0.2) is 22.5 Å². The van der Waals surface area contributed by atoms with E-state index in [0.29, 0.717) is 12.0 Å². The minimum atomic E-state index is 0.448. The molecular formula is C22H40N6S. The highest BCUT2D eigenvalue weighted by atomic mass is 32.1. The zero-order chi connectivity index (χ0) is 20.5. The van der Waals surface area contributed by atoms with Crippen molar-refractivity contribution >= 4 is 17.3 Å². The fraction of sp³-hybridized carbons (Fsp3) is 0.773. The van der Waals surface area contributed by atoms with Crippen molar-refractivity contribution in [3.05, 3.63) is 22.4 Å². The lowest BCUT2D eigenvalue weighted by Crippen LogP contribution is -2.46. The molecule has 2 saturated heterocycles. The van der Waals surface area contributed by atoms with Crippen molar-refractivity contribution in [2.45, 2.75) is 32.7 Å². The van der Waals surface area contributed by atoms with E-state index in [1.54, 1.807) is 0 Å². The summed E-state index contributed by atoms with van der Waals surface area (Å²) >= 11 is 1.87. The van der Waals surface area contributed by atoms with Gasteiger partial charge in [0, 0.05) is 57.2 Å². The molecule has 1 aromatic rings. The van der Waals surface area contributed by atoms with Gasteiger partial charge >= 0.3 is 0 Å². The van der Waals surface area contributed by atoms with E-state index in [0.717, 1.165) is 32.1 Å². The van der Waals surface area contributed by atoms with Gasteiger partial charge in [-0.05, 0) is 57.3 Å². The molecule has 0 aromatic carbocycles. The maximum Gasteiger partial charge on any atom is 0.191 e. The fourth-order valence-corrected chi connectivity index (χ4v) is 5.12. The van der Waals surface area contributed by atoms with Crippen LogP contribution in [0.25, 0.3) is 0 Å². The third-order valence-electron chi connectivity index (χ3n) is 5.99. The topological polar surface area (TPSA) is 46.1 Å². The minimum Gasteiger partial charge on any atom is -0.357 e. The molecule has 0 amide bonds. The highest BCUT2D eigenvalue weighted by Gasteiger charge is 2.24. The number of aliphatic imine (C=N–C) groups is 1. The minimum absolute atomic E-state index is 0.448. The third-order valence-corrected chi connectivity index (χ3v) is 6.96. The van der Waals surface area contributed by atoms with Gasteiger partial charge in [0.25, 0.3) is 0 Å². The van der Waals surface area contributed by atoms with Crippen LogP contribution in [-0.2, 0) is 0 Å². The Morgan fingerprint density at radius 2 is 1.90 bits per heavy atom. The number of hydrogen-bond donors (Lipinski definition) is 2. The van der Waals surface area contributed by atoms with Crippen LogP contribution in [0, 0.1) is 5.92 Å². The number of thiophene rings is 1. The van der Waals surface area contributed by atoms with Crippen molar-refractivity contribution < 1.29 is 0 Å². The second-order valence-electron chi connectivity index (χ2n) is 8.58. The van der Waals surface area contributed by atoms with Crippen LogP contribution in [0.4, 0.5) is 0 Å². The molecule has 0 spiro atoms. The van der Waals surface area contributed by atoms with Gasteiger partial charge in [-0.2, -0.15) is 0 Å². The predicted octanol–water partition coefficient (Wildman–Crippen LogP) is 2.32. The lowest BCUT2D eigenvalue weighted by Gasteiger charge is -2.33. The summed E-state index contributed by atoms with van der Waals surface area (Å²) in [5.74, 6) is 1.53. The number of nitrogens with zero attached hydrogens (tertiary/aromatic N) is 4. The van der Waals surface area contributed by atoms with Crippen LogP contribution in [0.3, 0.4) is 0 Å². The summed E-state index contributed by atoms with van der Waals surface area (Å²) in [5.41, 5.74) is 0. The highest BCUT2D eigenvalue weighted by Crippen LogP contribution is 2.27. The molecule has 2 fully saturated rings. The molecule has 2 N–H and O–H groups in total. The largest absolute Gasteiger partial charge is 0.357 e. The Bertz CT molecular complexity index is 590. The van der Waals surface area contributed by atoms with E-state index in [-0.39, 0.29) is 0 Å². The first-order valence-corrected chi connectivity index (χ1v) is 12.2. The van der Waals surface area contributed by atoms with Gasteiger partial charge in [0.05, 0.1) is 6.04 Å².